The zero-order valence-electron chi connectivity index (χ0n) is 12.6. The number of hydrogen-bond donors (Lipinski definition) is 1. The lowest BCUT2D eigenvalue weighted by Crippen LogP contribution is -2.22. The summed E-state index contributed by atoms with van der Waals surface area (Å²) in [5, 5.41) is 2.93. The number of thiazole rings is 1. The minimum atomic E-state index is 0.0895. The molecule has 0 aliphatic heterocycles. The fourth-order valence-electron chi connectivity index (χ4n) is 2.09. The summed E-state index contributed by atoms with van der Waals surface area (Å²) < 4.78 is 2.29. The lowest BCUT2D eigenvalue weighted by Gasteiger charge is -2.04. The number of benzene rings is 1. The van der Waals surface area contributed by atoms with E-state index in [9.17, 15) is 4.79 Å². The molecule has 118 valence electrons. The van der Waals surface area contributed by atoms with Crippen LogP contribution in [0, 0.1) is 0 Å². The van der Waals surface area contributed by atoms with Crippen molar-refractivity contribution in [3.05, 3.63) is 54.4 Å². The van der Waals surface area contributed by atoms with Crippen LogP contribution in [0.4, 0.5) is 0 Å². The molecule has 0 spiro atoms. The number of amides is 1. The van der Waals surface area contributed by atoms with E-state index in [1.165, 1.54) is 4.70 Å². The van der Waals surface area contributed by atoms with Crippen LogP contribution in [0.25, 0.3) is 10.2 Å². The first-order chi connectivity index (χ1) is 11.3. The monoisotopic (exact) mass is 343 g/mol. The number of carbonyl (C=O) groups excluding carboxylic acids is 1. The topological polar surface area (TPSA) is 54.9 Å². The van der Waals surface area contributed by atoms with Crippen molar-refractivity contribution in [2.75, 3.05) is 5.75 Å². The molecule has 0 saturated carbocycles. The molecule has 1 N–H and O–H groups in total. The Morgan fingerprint density at radius 1 is 1.17 bits per heavy atom. The molecule has 6 heteroatoms. The van der Waals surface area contributed by atoms with E-state index >= 15 is 0 Å². The predicted octanol–water partition coefficient (Wildman–Crippen LogP) is 3.88. The maximum atomic E-state index is 11.8. The van der Waals surface area contributed by atoms with E-state index in [1.807, 2.05) is 30.3 Å². The molecule has 3 aromatic rings. The van der Waals surface area contributed by atoms with Gasteiger partial charge in [-0.3, -0.25) is 9.78 Å². The molecule has 3 rings (SSSR count). The van der Waals surface area contributed by atoms with Crippen LogP contribution < -0.4 is 5.32 Å². The van der Waals surface area contributed by atoms with Crippen LogP contribution >= 0.6 is 23.1 Å². The van der Waals surface area contributed by atoms with E-state index in [2.05, 4.69) is 21.4 Å². The second-order valence-corrected chi connectivity index (χ2v) is 7.40. The van der Waals surface area contributed by atoms with Crippen molar-refractivity contribution >= 4 is 39.2 Å². The molecule has 4 nitrogen and oxygen atoms in total. The van der Waals surface area contributed by atoms with Crippen molar-refractivity contribution in [2.24, 2.45) is 0 Å². The Hall–Kier alpha value is -1.92. The van der Waals surface area contributed by atoms with Crippen LogP contribution in [-0.4, -0.2) is 21.6 Å². The minimum absolute atomic E-state index is 0.0895. The van der Waals surface area contributed by atoms with Crippen molar-refractivity contribution in [1.82, 2.24) is 15.3 Å². The summed E-state index contributed by atoms with van der Waals surface area (Å²) in [6.07, 6.45) is 4.86. The Morgan fingerprint density at radius 2 is 2.00 bits per heavy atom. The van der Waals surface area contributed by atoms with E-state index in [0.717, 1.165) is 27.6 Å². The molecule has 0 bridgehead atoms. The number of nitrogens with one attached hydrogen (secondary N) is 1. The number of pyridine rings is 1. The van der Waals surface area contributed by atoms with Gasteiger partial charge in [0, 0.05) is 31.1 Å². The van der Waals surface area contributed by atoms with Crippen LogP contribution in [0.2, 0.25) is 0 Å². The summed E-state index contributed by atoms with van der Waals surface area (Å²) in [7, 11) is 0. The van der Waals surface area contributed by atoms with Crippen molar-refractivity contribution in [3.63, 3.8) is 0 Å². The summed E-state index contributed by atoms with van der Waals surface area (Å²) in [5.74, 6) is 0.995. The maximum absolute atomic E-state index is 11.8. The van der Waals surface area contributed by atoms with Gasteiger partial charge in [0.05, 0.1) is 10.2 Å². The quantitative estimate of drug-likeness (QED) is 0.522. The average Bonchev–Trinajstić information content (AvgIpc) is 3.00. The van der Waals surface area contributed by atoms with E-state index in [1.54, 1.807) is 35.5 Å². The predicted molar refractivity (Wildman–Crippen MR) is 95.7 cm³/mol. The first-order valence-electron chi connectivity index (χ1n) is 7.45. The summed E-state index contributed by atoms with van der Waals surface area (Å²) in [5.41, 5.74) is 2.12. The standard InChI is InChI=1S/C17H17N3OS2/c21-16(19-12-13-7-9-18-10-8-13)6-3-11-22-17-20-14-4-1-2-5-15(14)23-17/h1-2,4-5,7-10H,3,6,11-12H2,(H,19,21). The van der Waals surface area contributed by atoms with Gasteiger partial charge in [-0.2, -0.15) is 0 Å². The van der Waals surface area contributed by atoms with Crippen LogP contribution in [0.3, 0.4) is 0 Å². The van der Waals surface area contributed by atoms with E-state index in [-0.39, 0.29) is 5.91 Å². The molecule has 0 saturated heterocycles. The number of aromatic nitrogens is 2. The van der Waals surface area contributed by atoms with Crippen LogP contribution in [-0.2, 0) is 11.3 Å². The van der Waals surface area contributed by atoms with Crippen LogP contribution in [0.1, 0.15) is 18.4 Å². The zero-order chi connectivity index (χ0) is 15.9. The molecule has 0 aliphatic carbocycles. The lowest BCUT2D eigenvalue weighted by molar-refractivity contribution is -0.121. The molecule has 0 fully saturated rings. The van der Waals surface area contributed by atoms with Crippen LogP contribution in [0.5, 0.6) is 0 Å². The highest BCUT2D eigenvalue weighted by Crippen LogP contribution is 2.29. The normalized spacial score (nSPS) is 10.8. The van der Waals surface area contributed by atoms with Gasteiger partial charge < -0.3 is 5.32 Å². The highest BCUT2D eigenvalue weighted by Gasteiger charge is 2.05. The molecular formula is C17H17N3OS2. The van der Waals surface area contributed by atoms with Gasteiger partial charge in [0.1, 0.15) is 0 Å². The molecule has 23 heavy (non-hydrogen) atoms. The van der Waals surface area contributed by atoms with Crippen molar-refractivity contribution in [1.29, 1.82) is 0 Å². The van der Waals surface area contributed by atoms with Crippen molar-refractivity contribution in [2.45, 2.75) is 23.7 Å². The number of rotatable bonds is 7. The number of thioether (sulfide) groups is 1. The second kappa shape index (κ2) is 8.08. The summed E-state index contributed by atoms with van der Waals surface area (Å²) in [6, 6.07) is 12.0. The molecule has 0 aliphatic rings. The first kappa shape index (κ1) is 16.0. The van der Waals surface area contributed by atoms with Gasteiger partial charge in [0.15, 0.2) is 4.34 Å². The van der Waals surface area contributed by atoms with Crippen molar-refractivity contribution in [3.8, 4) is 0 Å². The Bertz CT molecular complexity index is 741. The number of fused-ring (bicyclic) bond motifs is 1. The fourth-order valence-corrected chi connectivity index (χ4v) is 4.17. The van der Waals surface area contributed by atoms with Crippen molar-refractivity contribution < 1.29 is 4.79 Å². The second-order valence-electron chi connectivity index (χ2n) is 5.03. The Morgan fingerprint density at radius 3 is 2.83 bits per heavy atom. The molecule has 2 heterocycles. The molecule has 0 atom stereocenters. The minimum Gasteiger partial charge on any atom is -0.352 e. The molecular weight excluding hydrogens is 326 g/mol. The third-order valence-electron chi connectivity index (χ3n) is 3.29. The Balaban J connectivity index is 1.37. The van der Waals surface area contributed by atoms with Gasteiger partial charge >= 0.3 is 0 Å². The van der Waals surface area contributed by atoms with Gasteiger partial charge in [-0.15, -0.1) is 11.3 Å². The number of para-hydroxylation sites is 1. The van der Waals surface area contributed by atoms with Crippen LogP contribution in [0.15, 0.2) is 53.1 Å². The molecule has 0 radical (unpaired) electrons. The van der Waals surface area contributed by atoms with E-state index < -0.39 is 0 Å². The lowest BCUT2D eigenvalue weighted by atomic mass is 10.2. The summed E-state index contributed by atoms with van der Waals surface area (Å²) >= 11 is 3.43. The molecule has 1 aromatic carbocycles. The van der Waals surface area contributed by atoms with Gasteiger partial charge in [-0.25, -0.2) is 4.98 Å². The first-order valence-corrected chi connectivity index (χ1v) is 9.25. The van der Waals surface area contributed by atoms with E-state index in [4.69, 9.17) is 0 Å². The summed E-state index contributed by atoms with van der Waals surface area (Å²) in [4.78, 5) is 20.4. The Kier molecular flexibility index (Phi) is 5.60. The highest BCUT2D eigenvalue weighted by molar-refractivity contribution is 8.01. The third-order valence-corrected chi connectivity index (χ3v) is 5.55. The highest BCUT2D eigenvalue weighted by atomic mass is 32.2. The van der Waals surface area contributed by atoms with Gasteiger partial charge in [-0.05, 0) is 36.2 Å². The van der Waals surface area contributed by atoms with Gasteiger partial charge in [0.25, 0.3) is 0 Å². The third kappa shape index (κ3) is 4.77. The number of carbonyl (C=O) groups is 1. The number of nitrogens with zero attached hydrogens (tertiary/aromatic N) is 2. The molecule has 2 aromatic heterocycles. The number of hydrogen-bond acceptors (Lipinski definition) is 5. The van der Waals surface area contributed by atoms with E-state index in [0.29, 0.717) is 13.0 Å². The summed E-state index contributed by atoms with van der Waals surface area (Å²) in [6.45, 7) is 0.562. The smallest absolute Gasteiger partial charge is 0.220 e. The van der Waals surface area contributed by atoms with Gasteiger partial charge in [0.2, 0.25) is 5.91 Å². The molecule has 1 amide bonds. The largest absolute Gasteiger partial charge is 0.352 e. The zero-order valence-corrected chi connectivity index (χ0v) is 14.2. The fraction of sp³-hybridized carbons (Fsp3) is 0.235. The average molecular weight is 343 g/mol. The molecule has 0 unspecified atom stereocenters. The SMILES string of the molecule is O=C(CCCSc1nc2ccccc2s1)NCc1ccncc1. The maximum Gasteiger partial charge on any atom is 0.220 e. The van der Waals surface area contributed by atoms with Gasteiger partial charge in [-0.1, -0.05) is 23.9 Å². The Labute approximate surface area is 143 Å².